The average molecular weight is 219 g/mol. The summed E-state index contributed by atoms with van der Waals surface area (Å²) in [5, 5.41) is 0. The topological polar surface area (TPSA) is 52.3 Å². The van der Waals surface area contributed by atoms with Crippen molar-refractivity contribution in [3.8, 4) is 0 Å². The van der Waals surface area contributed by atoms with Crippen molar-refractivity contribution in [2.75, 3.05) is 6.61 Å². The maximum Gasteiger partial charge on any atom is 0.330 e. The molecule has 0 radical (unpaired) electrons. The Morgan fingerprint density at radius 3 is 3.00 bits per heavy atom. The number of benzene rings is 1. The molecule has 0 aromatic heterocycles. The van der Waals surface area contributed by atoms with Crippen LogP contribution in [0, 0.1) is 0 Å². The first kappa shape index (κ1) is 11.1. The van der Waals surface area contributed by atoms with Crippen LogP contribution < -0.4 is 5.73 Å². The Morgan fingerprint density at radius 1 is 1.50 bits per heavy atom. The van der Waals surface area contributed by atoms with Gasteiger partial charge >= 0.3 is 5.97 Å². The number of hydrogen-bond donors (Lipinski definition) is 1. The zero-order chi connectivity index (χ0) is 11.6. The summed E-state index contributed by atoms with van der Waals surface area (Å²) in [6.45, 7) is 2.42. The van der Waals surface area contributed by atoms with Gasteiger partial charge in [0, 0.05) is 0 Å². The largest absolute Gasteiger partial charge is 0.464 e. The van der Waals surface area contributed by atoms with Crippen molar-refractivity contribution in [2.24, 2.45) is 5.73 Å². The lowest BCUT2D eigenvalue weighted by Crippen LogP contribution is -2.44. The van der Waals surface area contributed by atoms with Gasteiger partial charge < -0.3 is 10.5 Å². The molecular weight excluding hydrogens is 202 g/mol. The molecule has 1 aromatic carbocycles. The number of esters is 1. The fourth-order valence-electron chi connectivity index (χ4n) is 2.18. The molecule has 16 heavy (non-hydrogen) atoms. The molecule has 1 aromatic rings. The predicted molar refractivity (Wildman–Crippen MR) is 61.9 cm³/mol. The van der Waals surface area contributed by atoms with E-state index in [1.165, 1.54) is 5.56 Å². The second kappa shape index (κ2) is 4.26. The van der Waals surface area contributed by atoms with Gasteiger partial charge in [0.05, 0.1) is 6.61 Å². The number of carbonyl (C=O) groups excluding carboxylic acids is 1. The van der Waals surface area contributed by atoms with Gasteiger partial charge in [-0.3, -0.25) is 0 Å². The Morgan fingerprint density at radius 2 is 2.25 bits per heavy atom. The molecule has 2 N–H and O–H groups in total. The first-order chi connectivity index (χ1) is 7.68. The zero-order valence-corrected chi connectivity index (χ0v) is 9.53. The zero-order valence-electron chi connectivity index (χ0n) is 9.53. The third-order valence-electron chi connectivity index (χ3n) is 3.09. The number of nitrogens with two attached hydrogens (primary N) is 1. The second-order valence-electron chi connectivity index (χ2n) is 4.26. The van der Waals surface area contributed by atoms with E-state index in [1.807, 2.05) is 31.2 Å². The highest BCUT2D eigenvalue weighted by Gasteiger charge is 2.42. The van der Waals surface area contributed by atoms with Crippen molar-refractivity contribution in [1.29, 1.82) is 0 Å². The highest BCUT2D eigenvalue weighted by Crippen LogP contribution is 2.35. The summed E-state index contributed by atoms with van der Waals surface area (Å²) < 4.78 is 5.17. The molecule has 1 aliphatic carbocycles. The maximum absolute atomic E-state index is 11.9. The quantitative estimate of drug-likeness (QED) is 0.788. The Balaban J connectivity index is 2.24. The number of fused-ring (bicyclic) bond motifs is 1. The lowest BCUT2D eigenvalue weighted by Gasteiger charge is -2.22. The van der Waals surface area contributed by atoms with Gasteiger partial charge in [-0.05, 0) is 30.4 Å². The molecule has 0 saturated carbocycles. The summed E-state index contributed by atoms with van der Waals surface area (Å²) in [4.78, 5) is 11.9. The molecule has 3 heteroatoms. The lowest BCUT2D eigenvalue weighted by molar-refractivity contribution is -0.150. The minimum atomic E-state index is -0.925. The van der Waals surface area contributed by atoms with Crippen LogP contribution >= 0.6 is 0 Å². The molecular formula is C13H17NO2. The minimum absolute atomic E-state index is 0.292. The van der Waals surface area contributed by atoms with Crippen molar-refractivity contribution >= 4 is 5.97 Å². The molecule has 0 bridgehead atoms. The number of carbonyl (C=O) groups is 1. The third-order valence-corrected chi connectivity index (χ3v) is 3.09. The molecule has 0 amide bonds. The number of ether oxygens (including phenoxy) is 1. The van der Waals surface area contributed by atoms with Crippen LogP contribution in [0.4, 0.5) is 0 Å². The Hall–Kier alpha value is -1.35. The van der Waals surface area contributed by atoms with Crippen LogP contribution in [-0.2, 0) is 21.5 Å². The molecule has 0 aliphatic heterocycles. The van der Waals surface area contributed by atoms with Crippen LogP contribution in [0.15, 0.2) is 24.3 Å². The molecule has 0 heterocycles. The van der Waals surface area contributed by atoms with Gasteiger partial charge in [-0.2, -0.15) is 0 Å². The predicted octanol–water partition coefficient (Wildman–Crippen LogP) is 1.74. The van der Waals surface area contributed by atoms with Crippen molar-refractivity contribution in [2.45, 2.75) is 31.7 Å². The molecule has 1 atom stereocenters. The Labute approximate surface area is 95.6 Å². The molecule has 0 spiro atoms. The Kier molecular flexibility index (Phi) is 2.97. The normalized spacial score (nSPS) is 22.9. The molecule has 0 saturated heterocycles. The summed E-state index contributed by atoms with van der Waals surface area (Å²) >= 11 is 0. The van der Waals surface area contributed by atoms with Crippen LogP contribution in [0.25, 0.3) is 0 Å². The second-order valence-corrected chi connectivity index (χ2v) is 4.26. The van der Waals surface area contributed by atoms with Crippen molar-refractivity contribution in [3.05, 3.63) is 35.4 Å². The first-order valence-corrected chi connectivity index (χ1v) is 5.73. The van der Waals surface area contributed by atoms with E-state index in [0.29, 0.717) is 13.0 Å². The highest BCUT2D eigenvalue weighted by molar-refractivity contribution is 5.84. The van der Waals surface area contributed by atoms with Crippen LogP contribution in [0.5, 0.6) is 0 Å². The summed E-state index contributed by atoms with van der Waals surface area (Å²) in [5.74, 6) is -0.292. The van der Waals surface area contributed by atoms with Crippen LogP contribution in [0.3, 0.4) is 0 Å². The fourth-order valence-corrected chi connectivity index (χ4v) is 2.18. The van der Waals surface area contributed by atoms with E-state index in [0.717, 1.165) is 18.4 Å². The molecule has 3 nitrogen and oxygen atoms in total. The summed E-state index contributed by atoms with van der Waals surface area (Å²) in [6.07, 6.45) is 2.33. The van der Waals surface area contributed by atoms with Crippen LogP contribution in [0.2, 0.25) is 0 Å². The summed E-state index contributed by atoms with van der Waals surface area (Å²) in [5.41, 5.74) is 7.35. The first-order valence-electron chi connectivity index (χ1n) is 5.73. The molecule has 1 aliphatic rings. The SMILES string of the molecule is CCCOC(=O)C1(N)CCc2ccccc21. The van der Waals surface area contributed by atoms with E-state index >= 15 is 0 Å². The summed E-state index contributed by atoms with van der Waals surface area (Å²) in [6, 6.07) is 7.84. The van der Waals surface area contributed by atoms with E-state index < -0.39 is 5.54 Å². The fraction of sp³-hybridized carbons (Fsp3) is 0.462. The molecule has 1 unspecified atom stereocenters. The third kappa shape index (κ3) is 1.71. The van der Waals surface area contributed by atoms with Gasteiger partial charge in [-0.25, -0.2) is 4.79 Å². The van der Waals surface area contributed by atoms with Crippen molar-refractivity contribution in [3.63, 3.8) is 0 Å². The van der Waals surface area contributed by atoms with E-state index in [4.69, 9.17) is 10.5 Å². The van der Waals surface area contributed by atoms with E-state index in [-0.39, 0.29) is 5.97 Å². The van der Waals surface area contributed by atoms with Crippen LogP contribution in [0.1, 0.15) is 30.9 Å². The van der Waals surface area contributed by atoms with Gasteiger partial charge in [0.15, 0.2) is 0 Å². The van der Waals surface area contributed by atoms with Gasteiger partial charge in [0.25, 0.3) is 0 Å². The number of hydrogen-bond acceptors (Lipinski definition) is 3. The average Bonchev–Trinajstić information content (AvgIpc) is 2.66. The van der Waals surface area contributed by atoms with E-state index in [9.17, 15) is 4.79 Å². The van der Waals surface area contributed by atoms with Gasteiger partial charge in [-0.15, -0.1) is 0 Å². The van der Waals surface area contributed by atoms with Crippen molar-refractivity contribution < 1.29 is 9.53 Å². The van der Waals surface area contributed by atoms with Gasteiger partial charge in [-0.1, -0.05) is 31.2 Å². The van der Waals surface area contributed by atoms with Crippen molar-refractivity contribution in [1.82, 2.24) is 0 Å². The smallest absolute Gasteiger partial charge is 0.330 e. The molecule has 86 valence electrons. The van der Waals surface area contributed by atoms with Gasteiger partial charge in [0.1, 0.15) is 5.54 Å². The molecule has 0 fully saturated rings. The van der Waals surface area contributed by atoms with E-state index in [2.05, 4.69) is 0 Å². The maximum atomic E-state index is 11.9. The Bertz CT molecular complexity index is 403. The standard InChI is InChI=1S/C13H17NO2/c1-2-9-16-12(15)13(14)8-7-10-5-3-4-6-11(10)13/h3-6H,2,7-9,14H2,1H3. The number of rotatable bonds is 3. The highest BCUT2D eigenvalue weighted by atomic mass is 16.5. The lowest BCUT2D eigenvalue weighted by atomic mass is 9.93. The number of aryl methyl sites for hydroxylation is 1. The molecule has 2 rings (SSSR count). The summed E-state index contributed by atoms with van der Waals surface area (Å²) in [7, 11) is 0. The van der Waals surface area contributed by atoms with Gasteiger partial charge in [0.2, 0.25) is 0 Å². The van der Waals surface area contributed by atoms with Crippen LogP contribution in [-0.4, -0.2) is 12.6 Å². The van der Waals surface area contributed by atoms with E-state index in [1.54, 1.807) is 0 Å². The minimum Gasteiger partial charge on any atom is -0.464 e. The monoisotopic (exact) mass is 219 g/mol.